The summed E-state index contributed by atoms with van der Waals surface area (Å²) in [6, 6.07) is 9.74. The first-order chi connectivity index (χ1) is 18.8. The lowest BCUT2D eigenvalue weighted by Gasteiger charge is -2.40. The molecule has 1 saturated carbocycles. The first-order valence-electron chi connectivity index (χ1n) is 13.0. The molecule has 3 aromatic heterocycles. The minimum absolute atomic E-state index is 0.0131. The van der Waals surface area contributed by atoms with Crippen molar-refractivity contribution in [1.29, 1.82) is 0 Å². The number of hydrogen-bond donors (Lipinski definition) is 2. The summed E-state index contributed by atoms with van der Waals surface area (Å²) >= 11 is 0. The van der Waals surface area contributed by atoms with Gasteiger partial charge >= 0.3 is 0 Å². The van der Waals surface area contributed by atoms with Gasteiger partial charge in [-0.15, -0.1) is 0 Å². The molecule has 0 atom stereocenters. The zero-order valence-corrected chi connectivity index (χ0v) is 23.0. The van der Waals surface area contributed by atoms with E-state index in [0.29, 0.717) is 62.2 Å². The standard InChI is InChI=1S/C27H34N6O5S/c1-37-14-15-38-27(12-13-34)10-8-19(9-11-27)23-24(39(2,35)36)25(28)33-26(31-23)22(17-30-33)20-16-29-32(18-20)21-6-4-3-5-7-21/h3-7,16-19,34H,8-15,28H2,1-2H3. The third-order valence-corrected chi connectivity index (χ3v) is 8.66. The van der Waals surface area contributed by atoms with E-state index in [4.69, 9.17) is 20.2 Å². The molecule has 0 aliphatic heterocycles. The fraction of sp³-hybridized carbons (Fsp3) is 0.444. The molecular weight excluding hydrogens is 520 g/mol. The smallest absolute Gasteiger partial charge is 0.180 e. The lowest BCUT2D eigenvalue weighted by atomic mass is 9.76. The summed E-state index contributed by atoms with van der Waals surface area (Å²) in [4.78, 5) is 4.93. The summed E-state index contributed by atoms with van der Waals surface area (Å²) in [5.41, 5.74) is 9.33. The number of nitrogens with zero attached hydrogens (tertiary/aromatic N) is 5. The van der Waals surface area contributed by atoms with Crippen molar-refractivity contribution in [1.82, 2.24) is 24.4 Å². The highest BCUT2D eigenvalue weighted by Gasteiger charge is 2.39. The predicted octanol–water partition coefficient (Wildman–Crippen LogP) is 3.01. The number of ether oxygens (including phenoxy) is 2. The summed E-state index contributed by atoms with van der Waals surface area (Å²) in [7, 11) is -2.08. The van der Waals surface area contributed by atoms with Crippen molar-refractivity contribution in [3.63, 3.8) is 0 Å². The Labute approximate surface area is 227 Å². The van der Waals surface area contributed by atoms with Crippen LogP contribution in [-0.4, -0.2) is 76.7 Å². The highest BCUT2D eigenvalue weighted by atomic mass is 32.2. The number of aliphatic hydroxyl groups excluding tert-OH is 1. The van der Waals surface area contributed by atoms with Crippen LogP contribution < -0.4 is 5.73 Å². The molecule has 39 heavy (non-hydrogen) atoms. The maximum Gasteiger partial charge on any atom is 0.180 e. The first kappa shape index (κ1) is 27.3. The van der Waals surface area contributed by atoms with Gasteiger partial charge in [0.2, 0.25) is 0 Å². The summed E-state index contributed by atoms with van der Waals surface area (Å²) in [5.74, 6) is -0.0996. The largest absolute Gasteiger partial charge is 0.396 e. The van der Waals surface area contributed by atoms with Crippen LogP contribution in [0.1, 0.15) is 43.7 Å². The van der Waals surface area contributed by atoms with Crippen molar-refractivity contribution >= 4 is 21.3 Å². The second kappa shape index (κ2) is 11.0. The minimum atomic E-state index is -3.70. The second-order valence-corrected chi connectivity index (χ2v) is 12.0. The number of aliphatic hydroxyl groups is 1. The van der Waals surface area contributed by atoms with Crippen LogP contribution in [0.15, 0.2) is 53.8 Å². The lowest BCUT2D eigenvalue weighted by molar-refractivity contribution is -0.0976. The van der Waals surface area contributed by atoms with E-state index in [0.717, 1.165) is 17.5 Å². The maximum atomic E-state index is 13.0. The Hall–Kier alpha value is -3.32. The molecule has 0 amide bonds. The van der Waals surface area contributed by atoms with Crippen molar-refractivity contribution in [3.8, 4) is 16.8 Å². The van der Waals surface area contributed by atoms with Gasteiger partial charge in [-0.2, -0.15) is 14.7 Å². The van der Waals surface area contributed by atoms with Crippen molar-refractivity contribution in [2.24, 2.45) is 0 Å². The van der Waals surface area contributed by atoms with Crippen LogP contribution in [0.3, 0.4) is 0 Å². The molecule has 0 saturated heterocycles. The Bertz CT molecular complexity index is 1540. The van der Waals surface area contributed by atoms with Gasteiger partial charge in [0, 0.05) is 43.2 Å². The van der Waals surface area contributed by atoms with E-state index in [-0.39, 0.29) is 23.2 Å². The van der Waals surface area contributed by atoms with Gasteiger partial charge in [-0.3, -0.25) is 0 Å². The number of aromatic nitrogens is 5. The normalized spacial score (nSPS) is 20.0. The van der Waals surface area contributed by atoms with Crippen molar-refractivity contribution in [2.75, 3.05) is 38.9 Å². The molecule has 0 spiro atoms. The van der Waals surface area contributed by atoms with Crippen molar-refractivity contribution < 1.29 is 23.0 Å². The fourth-order valence-corrected chi connectivity index (χ4v) is 6.55. The van der Waals surface area contributed by atoms with E-state index in [1.165, 1.54) is 4.52 Å². The molecule has 1 aliphatic rings. The van der Waals surface area contributed by atoms with Gasteiger partial charge in [0.1, 0.15) is 10.7 Å². The highest BCUT2D eigenvalue weighted by molar-refractivity contribution is 7.91. The summed E-state index contributed by atoms with van der Waals surface area (Å²) < 4.78 is 40.4. The number of fused-ring (bicyclic) bond motifs is 1. The fourth-order valence-electron chi connectivity index (χ4n) is 5.49. The third kappa shape index (κ3) is 5.42. The summed E-state index contributed by atoms with van der Waals surface area (Å²) in [6.07, 6.45) is 9.52. The van der Waals surface area contributed by atoms with E-state index in [9.17, 15) is 13.5 Å². The average molecular weight is 555 g/mol. The molecule has 0 unspecified atom stereocenters. The van der Waals surface area contributed by atoms with E-state index < -0.39 is 15.4 Å². The molecule has 0 bridgehead atoms. The first-order valence-corrected chi connectivity index (χ1v) is 14.9. The number of methoxy groups -OCH3 is 1. The van der Waals surface area contributed by atoms with Gasteiger partial charge in [0.15, 0.2) is 15.5 Å². The van der Waals surface area contributed by atoms with Gasteiger partial charge < -0.3 is 20.3 Å². The molecule has 11 nitrogen and oxygen atoms in total. The number of nitrogens with two attached hydrogens (primary N) is 1. The van der Waals surface area contributed by atoms with Crippen molar-refractivity contribution in [3.05, 3.63) is 54.6 Å². The van der Waals surface area contributed by atoms with Crippen LogP contribution in [0.2, 0.25) is 0 Å². The predicted molar refractivity (Wildman–Crippen MR) is 147 cm³/mol. The number of hydrogen-bond acceptors (Lipinski definition) is 9. The third-order valence-electron chi connectivity index (χ3n) is 7.50. The Morgan fingerprint density at radius 2 is 1.87 bits per heavy atom. The zero-order chi connectivity index (χ0) is 27.6. The Balaban J connectivity index is 1.53. The molecular formula is C27H34N6O5S. The SMILES string of the molecule is COCCOC1(CCO)CCC(c2nc3c(-c4cnn(-c5ccccc5)c4)cnn3c(N)c2S(C)(=O)=O)CC1. The molecule has 4 aromatic rings. The Kier molecular flexibility index (Phi) is 7.72. The van der Waals surface area contributed by atoms with E-state index in [2.05, 4.69) is 10.2 Å². The quantitative estimate of drug-likeness (QED) is 0.282. The number of rotatable bonds is 10. The number of para-hydroxylation sites is 1. The second-order valence-electron chi connectivity index (χ2n) is 10.1. The van der Waals surface area contributed by atoms with E-state index >= 15 is 0 Å². The topological polar surface area (TPSA) is 147 Å². The molecule has 3 heterocycles. The van der Waals surface area contributed by atoms with E-state index in [1.807, 2.05) is 36.5 Å². The number of nitrogen functional groups attached to an aromatic ring is 1. The van der Waals surface area contributed by atoms with Gasteiger partial charge in [0.25, 0.3) is 0 Å². The monoisotopic (exact) mass is 554 g/mol. The minimum Gasteiger partial charge on any atom is -0.396 e. The van der Waals surface area contributed by atoms with Crippen LogP contribution in [-0.2, 0) is 19.3 Å². The number of sulfone groups is 1. The van der Waals surface area contributed by atoms with Crippen LogP contribution in [0.4, 0.5) is 5.82 Å². The molecule has 3 N–H and O–H groups in total. The van der Waals surface area contributed by atoms with Crippen LogP contribution in [0.5, 0.6) is 0 Å². The molecule has 1 aliphatic carbocycles. The molecule has 5 rings (SSSR count). The van der Waals surface area contributed by atoms with Crippen LogP contribution in [0, 0.1) is 0 Å². The van der Waals surface area contributed by atoms with Gasteiger partial charge in [-0.25, -0.2) is 18.1 Å². The summed E-state index contributed by atoms with van der Waals surface area (Å²) in [6.45, 7) is 0.913. The number of benzene rings is 1. The maximum absolute atomic E-state index is 13.0. The van der Waals surface area contributed by atoms with Gasteiger partial charge in [0.05, 0.1) is 42.6 Å². The Morgan fingerprint density at radius 1 is 1.13 bits per heavy atom. The van der Waals surface area contributed by atoms with Crippen LogP contribution in [0.25, 0.3) is 22.5 Å². The molecule has 12 heteroatoms. The average Bonchev–Trinajstić information content (AvgIpc) is 3.57. The molecule has 0 radical (unpaired) electrons. The lowest BCUT2D eigenvalue weighted by Crippen LogP contribution is -2.39. The van der Waals surface area contributed by atoms with Crippen molar-refractivity contribution in [2.45, 2.75) is 48.5 Å². The van der Waals surface area contributed by atoms with E-state index in [1.54, 1.807) is 24.2 Å². The van der Waals surface area contributed by atoms with Crippen LogP contribution >= 0.6 is 0 Å². The van der Waals surface area contributed by atoms with Gasteiger partial charge in [-0.05, 0) is 44.2 Å². The highest BCUT2D eigenvalue weighted by Crippen LogP contribution is 2.44. The molecule has 208 valence electrons. The zero-order valence-electron chi connectivity index (χ0n) is 22.2. The summed E-state index contributed by atoms with van der Waals surface area (Å²) in [5, 5.41) is 18.6. The number of anilines is 1. The molecule has 1 fully saturated rings. The molecule has 1 aromatic carbocycles. The van der Waals surface area contributed by atoms with Gasteiger partial charge in [-0.1, -0.05) is 18.2 Å². The Morgan fingerprint density at radius 3 is 2.54 bits per heavy atom.